The number of hydrogen-bond acceptors (Lipinski definition) is 18. The third-order valence-corrected chi connectivity index (χ3v) is 19.8. The van der Waals surface area contributed by atoms with Crippen LogP contribution in [0.3, 0.4) is 0 Å². The van der Waals surface area contributed by atoms with E-state index in [1.807, 2.05) is 6.08 Å². The number of allylic oxidation sites excluding steroid dienone is 9. The molecule has 17 atom stereocenters. The van der Waals surface area contributed by atoms with Crippen LogP contribution in [0, 0.1) is 0 Å². The summed E-state index contributed by atoms with van der Waals surface area (Å²) in [6.45, 7) is 1.63. The predicted octanol–water partition coefficient (Wildman–Crippen LogP) is 13.1. The molecule has 3 fully saturated rings. The van der Waals surface area contributed by atoms with Gasteiger partial charge in [-0.25, -0.2) is 0 Å². The first-order valence-corrected chi connectivity index (χ1v) is 40.0. The molecule has 3 aliphatic heterocycles. The van der Waals surface area contributed by atoms with Crippen LogP contribution in [0.1, 0.15) is 309 Å². The van der Waals surface area contributed by atoms with E-state index in [1.165, 1.54) is 212 Å². The highest BCUT2D eigenvalue weighted by Gasteiger charge is 2.54. The van der Waals surface area contributed by atoms with Crippen molar-refractivity contribution in [3.8, 4) is 0 Å². The van der Waals surface area contributed by atoms with E-state index < -0.39 is 124 Å². The Morgan fingerprint density at radius 2 is 0.697 bits per heavy atom. The second-order valence-corrected chi connectivity index (χ2v) is 28.5. The van der Waals surface area contributed by atoms with Gasteiger partial charge in [-0.05, 0) is 57.8 Å². The summed E-state index contributed by atoms with van der Waals surface area (Å²) in [5, 5.41) is 121. The third kappa shape index (κ3) is 41.1. The SMILES string of the molecule is CC/C=C\C/C=C\C/C=C\C/C=C\CCCCCCCCCCCCCCCCCCCCCCCCCCCCCCC(=O)NC(COC1OC(CO)C(OC2OC(CO)C(OC3OC(CO)C(O)C(O)C3O)C(O)C2O)C(O)C1O)C(O)/C=C/CCCCCCCCCCCCC. The van der Waals surface area contributed by atoms with E-state index in [1.54, 1.807) is 6.08 Å². The lowest BCUT2D eigenvalue weighted by atomic mass is 9.96. The number of ether oxygens (including phenoxy) is 6. The summed E-state index contributed by atoms with van der Waals surface area (Å²) in [6, 6.07) is -0.971. The molecule has 0 saturated carbocycles. The Balaban J connectivity index is 1.26. The molecule has 1 amide bonds. The van der Waals surface area contributed by atoms with Gasteiger partial charge < -0.3 is 89.9 Å². The molecule has 0 aromatic heterocycles. The standard InChI is InChI=1S/C80H145NO18/c1-3-5-7-9-11-13-15-17-18-19-20-21-22-23-24-25-26-27-28-29-30-31-32-33-34-35-36-37-38-39-40-41-42-43-44-46-48-50-52-54-56-58-68(86)81-63(64(85)57-55-53-51-49-47-45-16-14-12-10-8-6-4-2)62-94-78-74(92)71(89)76(66(60-83)96-78)99-80-75(93)72(90)77(67(61-84)97-80)98-79-73(91)70(88)69(87)65(59-82)95-79/h5,7,11,13,17-18,20-21,55,57,63-67,69-80,82-85,87-93H,3-4,6,8-10,12,14-16,19,22-54,56,58-62H2,1-2H3,(H,81,86)/b7-5-,13-11-,18-17-,21-20-,57-55+. The van der Waals surface area contributed by atoms with Gasteiger partial charge in [0.1, 0.15) is 73.2 Å². The lowest BCUT2D eigenvalue weighted by Crippen LogP contribution is -2.66. The first kappa shape index (κ1) is 90.7. The lowest BCUT2D eigenvalue weighted by Gasteiger charge is -2.48. The van der Waals surface area contributed by atoms with Crippen molar-refractivity contribution in [3.63, 3.8) is 0 Å². The summed E-state index contributed by atoms with van der Waals surface area (Å²) in [5.41, 5.74) is 0. The van der Waals surface area contributed by atoms with Crippen LogP contribution in [0.15, 0.2) is 60.8 Å². The molecular weight excluding hydrogens is 1260 g/mol. The van der Waals surface area contributed by atoms with Crippen molar-refractivity contribution in [2.24, 2.45) is 0 Å². The summed E-state index contributed by atoms with van der Waals surface area (Å²) in [7, 11) is 0. The summed E-state index contributed by atoms with van der Waals surface area (Å²) in [4.78, 5) is 13.4. The monoisotopic (exact) mass is 1410 g/mol. The van der Waals surface area contributed by atoms with Crippen LogP contribution < -0.4 is 5.32 Å². The molecule has 0 radical (unpaired) electrons. The zero-order chi connectivity index (χ0) is 71.8. The first-order valence-electron chi connectivity index (χ1n) is 40.0. The average molecular weight is 1410 g/mol. The second kappa shape index (κ2) is 60.7. The number of rotatable bonds is 63. The van der Waals surface area contributed by atoms with Crippen molar-refractivity contribution in [3.05, 3.63) is 60.8 Å². The van der Waals surface area contributed by atoms with E-state index in [0.717, 1.165) is 70.6 Å². The largest absolute Gasteiger partial charge is 0.394 e. The quantitative estimate of drug-likeness (QED) is 0.0199. The van der Waals surface area contributed by atoms with Gasteiger partial charge in [0.05, 0.1) is 38.6 Å². The Kier molecular flexibility index (Phi) is 55.6. The Labute approximate surface area is 598 Å². The van der Waals surface area contributed by atoms with Gasteiger partial charge in [-0.3, -0.25) is 4.79 Å². The molecule has 578 valence electrons. The molecule has 3 aliphatic rings. The molecule has 99 heavy (non-hydrogen) atoms. The van der Waals surface area contributed by atoms with Crippen LogP contribution in [0.25, 0.3) is 0 Å². The normalized spacial score (nSPS) is 26.9. The van der Waals surface area contributed by atoms with Crippen LogP contribution in [0.2, 0.25) is 0 Å². The second-order valence-electron chi connectivity index (χ2n) is 28.5. The Morgan fingerprint density at radius 3 is 1.09 bits per heavy atom. The molecule has 3 rings (SSSR count). The maximum Gasteiger partial charge on any atom is 0.220 e. The van der Waals surface area contributed by atoms with Crippen molar-refractivity contribution < 1.29 is 89.4 Å². The molecule has 19 heteroatoms. The molecule has 0 aromatic rings. The number of hydrogen-bond donors (Lipinski definition) is 12. The number of amides is 1. The van der Waals surface area contributed by atoms with Crippen molar-refractivity contribution in [2.45, 2.75) is 413 Å². The number of aliphatic hydroxyl groups is 11. The Morgan fingerprint density at radius 1 is 0.374 bits per heavy atom. The van der Waals surface area contributed by atoms with Gasteiger partial charge in [-0.1, -0.05) is 306 Å². The van der Waals surface area contributed by atoms with Gasteiger partial charge in [0.25, 0.3) is 0 Å². The fourth-order valence-corrected chi connectivity index (χ4v) is 13.4. The first-order chi connectivity index (χ1) is 48.3. The summed E-state index contributed by atoms with van der Waals surface area (Å²) in [5.74, 6) is -0.271. The van der Waals surface area contributed by atoms with E-state index in [-0.39, 0.29) is 18.9 Å². The summed E-state index contributed by atoms with van der Waals surface area (Å²) >= 11 is 0. The molecular formula is C80H145NO18. The highest BCUT2D eigenvalue weighted by atomic mass is 16.8. The van der Waals surface area contributed by atoms with Gasteiger partial charge >= 0.3 is 0 Å². The third-order valence-electron chi connectivity index (χ3n) is 19.8. The molecule has 3 heterocycles. The van der Waals surface area contributed by atoms with Gasteiger partial charge in [-0.2, -0.15) is 0 Å². The van der Waals surface area contributed by atoms with E-state index in [4.69, 9.17) is 28.4 Å². The van der Waals surface area contributed by atoms with Crippen LogP contribution in [0.5, 0.6) is 0 Å². The molecule has 12 N–H and O–H groups in total. The van der Waals surface area contributed by atoms with E-state index >= 15 is 0 Å². The molecule has 0 aliphatic carbocycles. The van der Waals surface area contributed by atoms with Gasteiger partial charge in [-0.15, -0.1) is 0 Å². The minimum absolute atomic E-state index is 0.247. The highest BCUT2D eigenvalue weighted by Crippen LogP contribution is 2.33. The number of unbranched alkanes of at least 4 members (excludes halogenated alkanes) is 39. The van der Waals surface area contributed by atoms with Crippen molar-refractivity contribution in [2.75, 3.05) is 26.4 Å². The number of carbonyl (C=O) groups is 1. The maximum absolute atomic E-state index is 13.4. The highest BCUT2D eigenvalue weighted by molar-refractivity contribution is 5.76. The maximum atomic E-state index is 13.4. The zero-order valence-corrected chi connectivity index (χ0v) is 61.7. The van der Waals surface area contributed by atoms with Crippen LogP contribution in [-0.4, -0.2) is 193 Å². The number of aliphatic hydroxyl groups excluding tert-OH is 11. The van der Waals surface area contributed by atoms with Gasteiger partial charge in [0.2, 0.25) is 5.91 Å². The van der Waals surface area contributed by atoms with Gasteiger partial charge in [0.15, 0.2) is 18.9 Å². The molecule has 17 unspecified atom stereocenters. The minimum Gasteiger partial charge on any atom is -0.394 e. The molecule has 3 saturated heterocycles. The van der Waals surface area contributed by atoms with Crippen LogP contribution in [0.4, 0.5) is 0 Å². The van der Waals surface area contributed by atoms with Crippen molar-refractivity contribution in [1.29, 1.82) is 0 Å². The van der Waals surface area contributed by atoms with Crippen LogP contribution >= 0.6 is 0 Å². The summed E-state index contributed by atoms with van der Waals surface area (Å²) < 4.78 is 34.4. The fourth-order valence-electron chi connectivity index (χ4n) is 13.4. The van der Waals surface area contributed by atoms with Crippen LogP contribution in [-0.2, 0) is 33.2 Å². The fraction of sp³-hybridized carbons (Fsp3) is 0.863. The number of carbonyl (C=O) groups excluding carboxylic acids is 1. The topological polar surface area (TPSA) is 307 Å². The number of nitrogens with one attached hydrogen (secondary N) is 1. The Hall–Kier alpha value is -2.51. The van der Waals surface area contributed by atoms with Gasteiger partial charge in [0, 0.05) is 6.42 Å². The molecule has 0 aromatic carbocycles. The Bertz CT molecular complexity index is 2020. The van der Waals surface area contributed by atoms with Crippen molar-refractivity contribution >= 4 is 5.91 Å². The lowest BCUT2D eigenvalue weighted by molar-refractivity contribution is -0.379. The minimum atomic E-state index is -1.98. The van der Waals surface area contributed by atoms with E-state index in [9.17, 15) is 61.0 Å². The smallest absolute Gasteiger partial charge is 0.220 e. The average Bonchev–Trinajstić information content (AvgIpc) is 0.785. The zero-order valence-electron chi connectivity index (χ0n) is 61.7. The van der Waals surface area contributed by atoms with E-state index in [0.29, 0.717) is 6.42 Å². The van der Waals surface area contributed by atoms with E-state index in [2.05, 4.69) is 67.8 Å². The van der Waals surface area contributed by atoms with Crippen molar-refractivity contribution in [1.82, 2.24) is 5.32 Å². The molecule has 0 spiro atoms. The molecule has 0 bridgehead atoms. The summed E-state index contributed by atoms with van der Waals surface area (Å²) in [6.07, 6.45) is 51.1. The predicted molar refractivity (Wildman–Crippen MR) is 392 cm³/mol. The molecule has 19 nitrogen and oxygen atoms in total.